The third kappa shape index (κ3) is 3.35. The lowest BCUT2D eigenvalue weighted by molar-refractivity contribution is 0.376. The molecule has 2 aromatic carbocycles. The third-order valence-electron chi connectivity index (χ3n) is 4.06. The van der Waals surface area contributed by atoms with E-state index in [0.29, 0.717) is 17.8 Å². The highest BCUT2D eigenvalue weighted by Gasteiger charge is 2.26. The molecular weight excluding hydrogens is 376 g/mol. The van der Waals surface area contributed by atoms with Gasteiger partial charge in [0, 0.05) is 14.9 Å². The van der Waals surface area contributed by atoms with Crippen molar-refractivity contribution in [3.63, 3.8) is 0 Å². The van der Waals surface area contributed by atoms with Gasteiger partial charge in [-0.25, -0.2) is 0 Å². The second kappa shape index (κ2) is 6.91. The van der Waals surface area contributed by atoms with E-state index in [2.05, 4.69) is 101 Å². The van der Waals surface area contributed by atoms with Gasteiger partial charge in [0.05, 0.1) is 0 Å². The maximum atomic E-state index is 3.72. The Morgan fingerprint density at radius 1 is 0.700 bits per heavy atom. The fraction of sp³-hybridized carbons (Fsp3) is 0.333. The highest BCUT2D eigenvalue weighted by atomic mass is 79.9. The molecule has 2 rings (SSSR count). The summed E-state index contributed by atoms with van der Waals surface area (Å²) in [4.78, 5) is 0. The number of rotatable bonds is 4. The summed E-state index contributed by atoms with van der Waals surface area (Å²) in [5.41, 5.74) is 2.72. The van der Waals surface area contributed by atoms with Gasteiger partial charge in [0.15, 0.2) is 0 Å². The van der Waals surface area contributed by atoms with Crippen molar-refractivity contribution in [3.8, 4) is 0 Å². The van der Waals surface area contributed by atoms with Crippen molar-refractivity contribution in [3.05, 3.63) is 68.6 Å². The van der Waals surface area contributed by atoms with Crippen molar-refractivity contribution in [1.82, 2.24) is 0 Å². The first-order valence-corrected chi connectivity index (χ1v) is 8.59. The molecule has 20 heavy (non-hydrogen) atoms. The second-order valence-corrected chi connectivity index (χ2v) is 7.33. The molecule has 2 heteroatoms. The Hall–Kier alpha value is -0.600. The largest absolute Gasteiger partial charge is 0.0625 e. The maximum Gasteiger partial charge on any atom is 0.0213 e. The van der Waals surface area contributed by atoms with Crippen LogP contribution in [-0.2, 0) is 0 Å². The van der Waals surface area contributed by atoms with Crippen LogP contribution in [0.2, 0.25) is 0 Å². The van der Waals surface area contributed by atoms with Crippen molar-refractivity contribution < 1.29 is 0 Å². The normalized spacial score (nSPS) is 12.9. The van der Waals surface area contributed by atoms with Crippen molar-refractivity contribution in [1.29, 1.82) is 0 Å². The topological polar surface area (TPSA) is 0 Å². The van der Waals surface area contributed by atoms with Crippen LogP contribution < -0.4 is 0 Å². The monoisotopic (exact) mass is 394 g/mol. The minimum absolute atomic E-state index is 0.390. The lowest BCUT2D eigenvalue weighted by Gasteiger charge is -2.29. The Morgan fingerprint density at radius 2 is 1.10 bits per heavy atom. The van der Waals surface area contributed by atoms with Crippen LogP contribution in [0.25, 0.3) is 0 Å². The molecule has 0 radical (unpaired) electrons. The molecule has 0 N–H and O–H groups in total. The average molecular weight is 396 g/mol. The minimum atomic E-state index is 0.390. The van der Waals surface area contributed by atoms with Gasteiger partial charge in [0.1, 0.15) is 0 Å². The fourth-order valence-corrected chi connectivity index (χ4v) is 3.64. The minimum Gasteiger partial charge on any atom is -0.0625 e. The van der Waals surface area contributed by atoms with E-state index in [9.17, 15) is 0 Å². The molecule has 1 unspecified atom stereocenters. The molecule has 0 aromatic heterocycles. The van der Waals surface area contributed by atoms with Crippen LogP contribution in [0.3, 0.4) is 0 Å². The van der Waals surface area contributed by atoms with Gasteiger partial charge in [0.25, 0.3) is 0 Å². The number of halogens is 2. The number of hydrogen-bond acceptors (Lipinski definition) is 0. The molecule has 0 fully saturated rings. The summed E-state index contributed by atoms with van der Waals surface area (Å²) >= 11 is 7.44. The molecule has 1 atom stereocenters. The Bertz CT molecular complexity index is 530. The number of benzene rings is 2. The van der Waals surface area contributed by atoms with Gasteiger partial charge < -0.3 is 0 Å². The van der Waals surface area contributed by atoms with Crippen LogP contribution in [-0.4, -0.2) is 0 Å². The van der Waals surface area contributed by atoms with Crippen molar-refractivity contribution in [2.75, 3.05) is 0 Å². The molecular formula is C18H20Br2. The van der Waals surface area contributed by atoms with Crippen LogP contribution in [0.15, 0.2) is 57.5 Å². The standard InChI is InChI=1S/C18H20Br2/c1-12(2)13(3)18(14-8-4-6-10-16(14)19)15-9-5-7-11-17(15)20/h4-13,18H,1-3H3. The van der Waals surface area contributed by atoms with Crippen molar-refractivity contribution in [2.24, 2.45) is 11.8 Å². The molecule has 0 bridgehead atoms. The lowest BCUT2D eigenvalue weighted by Crippen LogP contribution is -2.17. The average Bonchev–Trinajstić information content (AvgIpc) is 2.43. The van der Waals surface area contributed by atoms with E-state index in [1.54, 1.807) is 0 Å². The van der Waals surface area contributed by atoms with E-state index in [4.69, 9.17) is 0 Å². The van der Waals surface area contributed by atoms with E-state index < -0.39 is 0 Å². The lowest BCUT2D eigenvalue weighted by atomic mass is 9.76. The second-order valence-electron chi connectivity index (χ2n) is 5.62. The molecule has 0 saturated carbocycles. The highest BCUT2D eigenvalue weighted by molar-refractivity contribution is 9.10. The van der Waals surface area contributed by atoms with Gasteiger partial charge in [-0.3, -0.25) is 0 Å². The molecule has 0 aliphatic heterocycles. The Morgan fingerprint density at radius 3 is 1.45 bits per heavy atom. The summed E-state index contributed by atoms with van der Waals surface area (Å²) in [6, 6.07) is 17.1. The Labute approximate surface area is 138 Å². The van der Waals surface area contributed by atoms with Gasteiger partial charge in [0.2, 0.25) is 0 Å². The van der Waals surface area contributed by atoms with E-state index in [0.717, 1.165) is 0 Å². The molecule has 0 aliphatic rings. The van der Waals surface area contributed by atoms with Crippen LogP contribution in [0.4, 0.5) is 0 Å². The molecule has 0 nitrogen and oxygen atoms in total. The van der Waals surface area contributed by atoms with E-state index in [-0.39, 0.29) is 0 Å². The number of hydrogen-bond donors (Lipinski definition) is 0. The zero-order valence-electron chi connectivity index (χ0n) is 12.1. The fourth-order valence-electron chi connectivity index (χ4n) is 2.57. The van der Waals surface area contributed by atoms with Gasteiger partial charge in [-0.1, -0.05) is 89.0 Å². The van der Waals surface area contributed by atoms with Crippen LogP contribution in [0.1, 0.15) is 37.8 Å². The van der Waals surface area contributed by atoms with Crippen molar-refractivity contribution >= 4 is 31.9 Å². The van der Waals surface area contributed by atoms with Crippen molar-refractivity contribution in [2.45, 2.75) is 26.7 Å². The van der Waals surface area contributed by atoms with Crippen LogP contribution in [0.5, 0.6) is 0 Å². The summed E-state index contributed by atoms with van der Waals surface area (Å²) in [6.07, 6.45) is 0. The Kier molecular flexibility index (Phi) is 5.45. The molecule has 0 aliphatic carbocycles. The first-order valence-electron chi connectivity index (χ1n) is 7.01. The molecule has 0 heterocycles. The SMILES string of the molecule is CC(C)C(C)C(c1ccccc1Br)c1ccccc1Br. The Balaban J connectivity index is 2.57. The van der Waals surface area contributed by atoms with Crippen LogP contribution in [0, 0.1) is 11.8 Å². The molecule has 106 valence electrons. The molecule has 0 saturated heterocycles. The van der Waals surface area contributed by atoms with Gasteiger partial charge in [-0.05, 0) is 35.1 Å². The zero-order valence-corrected chi connectivity index (χ0v) is 15.3. The van der Waals surface area contributed by atoms with Gasteiger partial charge >= 0.3 is 0 Å². The quantitative estimate of drug-likeness (QED) is 0.544. The van der Waals surface area contributed by atoms with Crippen LogP contribution >= 0.6 is 31.9 Å². The summed E-state index contributed by atoms with van der Waals surface area (Å²) in [6.45, 7) is 6.94. The van der Waals surface area contributed by atoms with E-state index in [1.807, 2.05) is 0 Å². The first kappa shape index (κ1) is 15.8. The van der Waals surface area contributed by atoms with E-state index in [1.165, 1.54) is 20.1 Å². The predicted molar refractivity (Wildman–Crippen MR) is 94.1 cm³/mol. The smallest absolute Gasteiger partial charge is 0.0213 e. The summed E-state index contributed by atoms with van der Waals surface area (Å²) in [7, 11) is 0. The van der Waals surface area contributed by atoms with Gasteiger partial charge in [-0.15, -0.1) is 0 Å². The first-order chi connectivity index (χ1) is 9.52. The predicted octanol–water partition coefficient (Wildman–Crippen LogP) is 6.64. The van der Waals surface area contributed by atoms with E-state index >= 15 is 0 Å². The summed E-state index contributed by atoms with van der Waals surface area (Å²) < 4.78 is 2.38. The molecule has 0 spiro atoms. The summed E-state index contributed by atoms with van der Waals surface area (Å²) in [5, 5.41) is 0. The zero-order chi connectivity index (χ0) is 14.7. The molecule has 0 amide bonds. The summed E-state index contributed by atoms with van der Waals surface area (Å²) in [5.74, 6) is 1.58. The highest BCUT2D eigenvalue weighted by Crippen LogP contribution is 2.41. The maximum absolute atomic E-state index is 3.72. The third-order valence-corrected chi connectivity index (χ3v) is 5.50. The van der Waals surface area contributed by atoms with Gasteiger partial charge in [-0.2, -0.15) is 0 Å². The molecule has 2 aromatic rings.